The van der Waals surface area contributed by atoms with E-state index in [0.717, 1.165) is 0 Å². The Hall–Kier alpha value is -0.260. The number of carbonyl (C=O) groups is 1. The van der Waals surface area contributed by atoms with Crippen LogP contribution < -0.4 is 0 Å². The second-order valence-electron chi connectivity index (χ2n) is 1.38. The van der Waals surface area contributed by atoms with Crippen molar-refractivity contribution in [3.05, 3.63) is 9.34 Å². The van der Waals surface area contributed by atoms with Crippen LogP contribution in [-0.2, 0) is 9.53 Å². The fourth-order valence-corrected chi connectivity index (χ4v) is 0.460. The third-order valence-electron chi connectivity index (χ3n) is 0.803. The second kappa shape index (κ2) is 3.71. The van der Waals surface area contributed by atoms with Crippen molar-refractivity contribution in [2.24, 2.45) is 0 Å². The third-order valence-corrected chi connectivity index (χ3v) is 2.02. The highest BCUT2D eigenvalue weighted by molar-refractivity contribution is 14.1. The molecule has 0 radical (unpaired) electrons. The van der Waals surface area contributed by atoms with E-state index in [9.17, 15) is 4.79 Å². The third kappa shape index (κ3) is 2.69. The highest BCUT2D eigenvalue weighted by Crippen LogP contribution is 2.12. The second-order valence-corrected chi connectivity index (χ2v) is 2.46. The van der Waals surface area contributed by atoms with E-state index in [-0.39, 0.29) is 3.58 Å². The number of allylic oxidation sites excluding steroid dienone is 1. The van der Waals surface area contributed by atoms with Gasteiger partial charge in [0, 0.05) is 0 Å². The van der Waals surface area contributed by atoms with Crippen LogP contribution in [0.25, 0.3) is 0 Å². The summed E-state index contributed by atoms with van der Waals surface area (Å²) in [6, 6.07) is 0. The predicted molar refractivity (Wildman–Crippen MR) is 41.4 cm³/mol. The lowest BCUT2D eigenvalue weighted by atomic mass is 10.5. The lowest BCUT2D eigenvalue weighted by Gasteiger charge is -1.98. The lowest BCUT2D eigenvalue weighted by Crippen LogP contribution is -1.97. The largest absolute Gasteiger partial charge is 0.500 e. The summed E-state index contributed by atoms with van der Waals surface area (Å²) in [4.78, 5) is 10.2. The Morgan fingerprint density at radius 2 is 2.11 bits per heavy atom. The molecule has 0 rings (SSSR count). The quantitative estimate of drug-likeness (QED) is 0.452. The highest BCUT2D eigenvalue weighted by Gasteiger charge is 2.05. The zero-order chi connectivity index (χ0) is 7.44. The Morgan fingerprint density at radius 1 is 1.67 bits per heavy atom. The molecule has 0 spiro atoms. The van der Waals surface area contributed by atoms with Crippen LogP contribution in [0.5, 0.6) is 0 Å². The van der Waals surface area contributed by atoms with Crippen molar-refractivity contribution in [2.75, 3.05) is 7.11 Å². The standard InChI is InChI=1S/C5H7IO3/c1-3(9-2)4(6)5(7)8/h1-2H3,(H,7,8). The van der Waals surface area contributed by atoms with E-state index < -0.39 is 5.97 Å². The van der Waals surface area contributed by atoms with Crippen LogP contribution in [0.15, 0.2) is 9.34 Å². The predicted octanol–water partition coefficient (Wildman–Crippen LogP) is 1.38. The fourth-order valence-electron chi connectivity index (χ4n) is 0.240. The zero-order valence-corrected chi connectivity index (χ0v) is 7.30. The number of rotatable bonds is 2. The van der Waals surface area contributed by atoms with Crippen LogP contribution in [0.4, 0.5) is 0 Å². The number of hydrogen-bond donors (Lipinski definition) is 1. The maximum atomic E-state index is 10.2. The molecule has 0 aliphatic rings. The first-order valence-corrected chi connectivity index (χ1v) is 3.31. The molecule has 9 heavy (non-hydrogen) atoms. The molecule has 0 saturated heterocycles. The van der Waals surface area contributed by atoms with Crippen molar-refractivity contribution in [1.82, 2.24) is 0 Å². The minimum absolute atomic E-state index is 0.218. The van der Waals surface area contributed by atoms with Crippen LogP contribution in [0.1, 0.15) is 6.92 Å². The van der Waals surface area contributed by atoms with Crippen LogP contribution in [0.2, 0.25) is 0 Å². The first-order valence-electron chi connectivity index (χ1n) is 2.23. The Bertz CT molecular complexity index is 150. The van der Waals surface area contributed by atoms with Crippen molar-refractivity contribution in [3.8, 4) is 0 Å². The molecular formula is C5H7IO3. The van der Waals surface area contributed by atoms with E-state index in [0.29, 0.717) is 5.76 Å². The maximum absolute atomic E-state index is 10.2. The molecule has 0 aliphatic heterocycles. The monoisotopic (exact) mass is 242 g/mol. The summed E-state index contributed by atoms with van der Waals surface area (Å²) in [6.45, 7) is 1.61. The van der Waals surface area contributed by atoms with Gasteiger partial charge in [0.15, 0.2) is 0 Å². The molecule has 0 saturated carbocycles. The molecule has 0 heterocycles. The minimum Gasteiger partial charge on any atom is -0.500 e. The van der Waals surface area contributed by atoms with E-state index in [1.54, 1.807) is 29.5 Å². The van der Waals surface area contributed by atoms with Crippen molar-refractivity contribution in [2.45, 2.75) is 6.92 Å². The Labute approximate surface area is 66.8 Å². The summed E-state index contributed by atoms with van der Waals surface area (Å²) < 4.78 is 4.88. The van der Waals surface area contributed by atoms with Crippen molar-refractivity contribution >= 4 is 28.6 Å². The van der Waals surface area contributed by atoms with E-state index in [1.807, 2.05) is 0 Å². The van der Waals surface area contributed by atoms with Crippen molar-refractivity contribution in [1.29, 1.82) is 0 Å². The molecule has 0 atom stereocenters. The van der Waals surface area contributed by atoms with Crippen LogP contribution in [0.3, 0.4) is 0 Å². The van der Waals surface area contributed by atoms with Crippen LogP contribution in [-0.4, -0.2) is 18.2 Å². The molecule has 0 fully saturated rings. The van der Waals surface area contributed by atoms with Gasteiger partial charge in [0.25, 0.3) is 0 Å². The van der Waals surface area contributed by atoms with Gasteiger partial charge in [0.05, 0.1) is 7.11 Å². The molecule has 0 unspecified atom stereocenters. The number of methoxy groups -OCH3 is 1. The SMILES string of the molecule is COC(C)=C(I)C(=O)O. The Morgan fingerprint density at radius 3 is 2.22 bits per heavy atom. The highest BCUT2D eigenvalue weighted by atomic mass is 127. The molecular weight excluding hydrogens is 235 g/mol. The van der Waals surface area contributed by atoms with Gasteiger partial charge in [-0.2, -0.15) is 0 Å². The molecule has 52 valence electrons. The van der Waals surface area contributed by atoms with Gasteiger partial charge in [-0.05, 0) is 29.5 Å². The average Bonchev–Trinajstić information content (AvgIpc) is 1.84. The van der Waals surface area contributed by atoms with Crippen LogP contribution in [0, 0.1) is 0 Å². The Balaban J connectivity index is 4.28. The van der Waals surface area contributed by atoms with Crippen molar-refractivity contribution in [3.63, 3.8) is 0 Å². The molecule has 1 N–H and O–H groups in total. The van der Waals surface area contributed by atoms with Gasteiger partial charge in [0.1, 0.15) is 9.34 Å². The molecule has 0 aromatic heterocycles. The first kappa shape index (κ1) is 8.74. The molecule has 4 heteroatoms. The van der Waals surface area contributed by atoms with Crippen LogP contribution >= 0.6 is 22.6 Å². The van der Waals surface area contributed by atoms with E-state index in [1.165, 1.54) is 7.11 Å². The van der Waals surface area contributed by atoms with E-state index >= 15 is 0 Å². The van der Waals surface area contributed by atoms with Gasteiger partial charge >= 0.3 is 5.97 Å². The van der Waals surface area contributed by atoms with E-state index in [4.69, 9.17) is 5.11 Å². The molecule has 0 bridgehead atoms. The number of aliphatic carboxylic acids is 1. The van der Waals surface area contributed by atoms with Gasteiger partial charge < -0.3 is 9.84 Å². The molecule has 0 aromatic carbocycles. The smallest absolute Gasteiger partial charge is 0.345 e. The van der Waals surface area contributed by atoms with Gasteiger partial charge in [-0.1, -0.05) is 0 Å². The fraction of sp³-hybridized carbons (Fsp3) is 0.400. The summed E-state index contributed by atoms with van der Waals surface area (Å²) >= 11 is 1.71. The normalized spacial score (nSPS) is 12.3. The number of carboxylic acids is 1. The van der Waals surface area contributed by atoms with Gasteiger partial charge in [0.2, 0.25) is 0 Å². The molecule has 0 aliphatic carbocycles. The summed E-state index contributed by atoms with van der Waals surface area (Å²) in [7, 11) is 1.44. The molecule has 3 nitrogen and oxygen atoms in total. The summed E-state index contributed by atoms with van der Waals surface area (Å²) in [5.41, 5.74) is 0. The average molecular weight is 242 g/mol. The summed E-state index contributed by atoms with van der Waals surface area (Å²) in [5, 5.41) is 8.34. The summed E-state index contributed by atoms with van der Waals surface area (Å²) in [6.07, 6.45) is 0. The number of ether oxygens (including phenoxy) is 1. The number of halogens is 1. The maximum Gasteiger partial charge on any atom is 0.345 e. The van der Waals surface area contributed by atoms with Crippen molar-refractivity contribution < 1.29 is 14.6 Å². The Kier molecular flexibility index (Phi) is 3.60. The molecule has 0 amide bonds. The van der Waals surface area contributed by atoms with Gasteiger partial charge in [-0.15, -0.1) is 0 Å². The lowest BCUT2D eigenvalue weighted by molar-refractivity contribution is -0.131. The number of hydrogen-bond acceptors (Lipinski definition) is 2. The topological polar surface area (TPSA) is 46.5 Å². The van der Waals surface area contributed by atoms with Gasteiger partial charge in [-0.3, -0.25) is 0 Å². The summed E-state index contributed by atoms with van der Waals surface area (Å²) in [5.74, 6) is -0.516. The zero-order valence-electron chi connectivity index (χ0n) is 5.14. The van der Waals surface area contributed by atoms with E-state index in [2.05, 4.69) is 4.74 Å². The van der Waals surface area contributed by atoms with Gasteiger partial charge in [-0.25, -0.2) is 4.79 Å². The minimum atomic E-state index is -0.949. The number of carboxylic acid groups (broad SMARTS) is 1. The molecule has 0 aromatic rings. The first-order chi connectivity index (χ1) is 4.09.